The standard InChI is InChI=1S/C24H27N3O6S/c1-17-23(22(33-26-17)10-9-21-4-3-15-32-21)34(29,30)27-13-11-19(12-14-27)24(28)25-16-18-5-7-20(31-2)8-6-18/h3-10,15,19H,11-14,16H2,1-2H3,(H,25,28)/b10-9+. The Morgan fingerprint density at radius 3 is 2.59 bits per heavy atom. The Balaban J connectivity index is 1.37. The molecule has 1 fully saturated rings. The maximum atomic E-state index is 13.3. The van der Waals surface area contributed by atoms with Crippen LogP contribution in [0.25, 0.3) is 12.2 Å². The van der Waals surface area contributed by atoms with Crippen LogP contribution in [-0.4, -0.2) is 44.0 Å². The number of furan rings is 1. The van der Waals surface area contributed by atoms with Crippen molar-refractivity contribution in [2.24, 2.45) is 5.92 Å². The molecular formula is C24H27N3O6S. The summed E-state index contributed by atoms with van der Waals surface area (Å²) in [6.45, 7) is 2.50. The number of carbonyl (C=O) groups excluding carboxylic acids is 1. The quantitative estimate of drug-likeness (QED) is 0.519. The number of ether oxygens (including phenoxy) is 1. The number of piperidine rings is 1. The average Bonchev–Trinajstić information content (AvgIpc) is 3.51. The smallest absolute Gasteiger partial charge is 0.248 e. The SMILES string of the molecule is COc1ccc(CNC(=O)C2CCN(S(=O)(=O)c3c(C)noc3/C=C/c3ccco3)CC2)cc1. The second-order valence-electron chi connectivity index (χ2n) is 8.05. The van der Waals surface area contributed by atoms with E-state index < -0.39 is 10.0 Å². The molecule has 0 radical (unpaired) electrons. The summed E-state index contributed by atoms with van der Waals surface area (Å²) in [6.07, 6.45) is 5.56. The Kier molecular flexibility index (Phi) is 7.18. The number of aryl methyl sites for hydroxylation is 1. The van der Waals surface area contributed by atoms with Crippen molar-refractivity contribution in [1.29, 1.82) is 0 Å². The van der Waals surface area contributed by atoms with E-state index in [4.69, 9.17) is 13.7 Å². The summed E-state index contributed by atoms with van der Waals surface area (Å²) in [5.74, 6) is 1.15. The molecule has 0 atom stereocenters. The van der Waals surface area contributed by atoms with Gasteiger partial charge in [-0.05, 0) is 61.7 Å². The Morgan fingerprint density at radius 1 is 1.21 bits per heavy atom. The van der Waals surface area contributed by atoms with E-state index in [2.05, 4.69) is 10.5 Å². The summed E-state index contributed by atoms with van der Waals surface area (Å²) in [6, 6.07) is 11.0. The van der Waals surface area contributed by atoms with Crippen LogP contribution in [0.15, 0.2) is 56.5 Å². The molecular weight excluding hydrogens is 458 g/mol. The lowest BCUT2D eigenvalue weighted by atomic mass is 9.97. The third-order valence-electron chi connectivity index (χ3n) is 5.82. The van der Waals surface area contributed by atoms with Crippen LogP contribution in [-0.2, 0) is 21.4 Å². The zero-order valence-electron chi connectivity index (χ0n) is 19.1. The summed E-state index contributed by atoms with van der Waals surface area (Å²) < 4.78 is 43.7. The van der Waals surface area contributed by atoms with E-state index in [9.17, 15) is 13.2 Å². The van der Waals surface area contributed by atoms with Crippen LogP contribution in [0.2, 0.25) is 0 Å². The maximum Gasteiger partial charge on any atom is 0.248 e. The Morgan fingerprint density at radius 2 is 1.94 bits per heavy atom. The molecule has 0 aliphatic carbocycles. The summed E-state index contributed by atoms with van der Waals surface area (Å²) in [7, 11) is -2.23. The van der Waals surface area contributed by atoms with Gasteiger partial charge < -0.3 is 19.0 Å². The van der Waals surface area contributed by atoms with Crippen molar-refractivity contribution in [2.45, 2.75) is 31.2 Å². The largest absolute Gasteiger partial charge is 0.497 e. The van der Waals surface area contributed by atoms with Gasteiger partial charge in [0.05, 0.1) is 13.4 Å². The number of benzene rings is 1. The molecule has 1 aliphatic heterocycles. The van der Waals surface area contributed by atoms with Gasteiger partial charge in [0, 0.05) is 25.6 Å². The van der Waals surface area contributed by atoms with Crippen molar-refractivity contribution < 1.29 is 26.9 Å². The fourth-order valence-electron chi connectivity index (χ4n) is 3.91. The Labute approximate surface area is 198 Å². The number of nitrogens with one attached hydrogen (secondary N) is 1. The van der Waals surface area contributed by atoms with Crippen LogP contribution in [0, 0.1) is 12.8 Å². The van der Waals surface area contributed by atoms with Crippen molar-refractivity contribution in [2.75, 3.05) is 20.2 Å². The van der Waals surface area contributed by atoms with Crippen molar-refractivity contribution in [3.05, 3.63) is 65.4 Å². The minimum atomic E-state index is -3.83. The number of sulfonamides is 1. The predicted molar refractivity (Wildman–Crippen MR) is 125 cm³/mol. The Hall–Kier alpha value is -3.37. The van der Waals surface area contributed by atoms with Gasteiger partial charge in [0.1, 0.15) is 17.2 Å². The van der Waals surface area contributed by atoms with Crippen LogP contribution in [0.3, 0.4) is 0 Å². The van der Waals surface area contributed by atoms with Crippen molar-refractivity contribution in [3.8, 4) is 5.75 Å². The van der Waals surface area contributed by atoms with Gasteiger partial charge in [-0.25, -0.2) is 8.42 Å². The summed E-state index contributed by atoms with van der Waals surface area (Å²) >= 11 is 0. The van der Waals surface area contributed by atoms with E-state index in [1.807, 2.05) is 24.3 Å². The summed E-state index contributed by atoms with van der Waals surface area (Å²) in [5, 5.41) is 6.79. The fraction of sp³-hybridized carbons (Fsp3) is 0.333. The number of methoxy groups -OCH3 is 1. The first kappa shape index (κ1) is 23.8. The molecule has 2 aromatic heterocycles. The lowest BCUT2D eigenvalue weighted by Crippen LogP contribution is -2.43. The van der Waals surface area contributed by atoms with Crippen molar-refractivity contribution in [1.82, 2.24) is 14.8 Å². The molecule has 1 saturated heterocycles. The van der Waals surface area contributed by atoms with Crippen LogP contribution >= 0.6 is 0 Å². The van der Waals surface area contributed by atoms with E-state index in [1.54, 1.807) is 32.2 Å². The first-order valence-electron chi connectivity index (χ1n) is 11.0. The molecule has 0 unspecified atom stereocenters. The zero-order chi connectivity index (χ0) is 24.1. The van der Waals surface area contributed by atoms with E-state index in [-0.39, 0.29) is 35.6 Å². The molecule has 3 aromatic rings. The van der Waals surface area contributed by atoms with Gasteiger partial charge in [-0.2, -0.15) is 4.31 Å². The minimum Gasteiger partial charge on any atom is -0.497 e. The molecule has 1 amide bonds. The molecule has 0 spiro atoms. The van der Waals surface area contributed by atoms with E-state index in [1.165, 1.54) is 16.6 Å². The maximum absolute atomic E-state index is 13.3. The highest BCUT2D eigenvalue weighted by atomic mass is 32.2. The van der Waals surface area contributed by atoms with Crippen LogP contribution in [0.1, 0.15) is 35.6 Å². The van der Waals surface area contributed by atoms with Crippen molar-refractivity contribution in [3.63, 3.8) is 0 Å². The van der Waals surface area contributed by atoms with Crippen LogP contribution in [0.4, 0.5) is 0 Å². The van der Waals surface area contributed by atoms with Gasteiger partial charge in [-0.3, -0.25) is 4.79 Å². The highest BCUT2D eigenvalue weighted by Crippen LogP contribution is 2.29. The lowest BCUT2D eigenvalue weighted by molar-refractivity contribution is -0.126. The monoisotopic (exact) mass is 485 g/mol. The Bertz CT molecular complexity index is 1240. The number of carbonyl (C=O) groups is 1. The topological polar surface area (TPSA) is 115 Å². The molecule has 34 heavy (non-hydrogen) atoms. The van der Waals surface area contributed by atoms with Gasteiger partial charge in [0.25, 0.3) is 0 Å². The number of rotatable bonds is 8. The first-order valence-corrected chi connectivity index (χ1v) is 12.4. The minimum absolute atomic E-state index is 0.0395. The molecule has 4 rings (SSSR count). The highest BCUT2D eigenvalue weighted by Gasteiger charge is 2.35. The van der Waals surface area contributed by atoms with Gasteiger partial charge in [-0.15, -0.1) is 0 Å². The van der Waals surface area contributed by atoms with Gasteiger partial charge >= 0.3 is 0 Å². The molecule has 1 N–H and O–H groups in total. The molecule has 3 heterocycles. The molecule has 1 aliphatic rings. The summed E-state index contributed by atoms with van der Waals surface area (Å²) in [5.41, 5.74) is 1.26. The zero-order valence-corrected chi connectivity index (χ0v) is 19.9. The van der Waals surface area contributed by atoms with E-state index in [0.29, 0.717) is 30.8 Å². The van der Waals surface area contributed by atoms with E-state index >= 15 is 0 Å². The molecule has 10 heteroatoms. The number of hydrogen-bond acceptors (Lipinski definition) is 7. The van der Waals surface area contributed by atoms with Crippen LogP contribution < -0.4 is 10.1 Å². The van der Waals surface area contributed by atoms with Gasteiger partial charge in [-0.1, -0.05) is 17.3 Å². The molecule has 0 bridgehead atoms. The van der Waals surface area contributed by atoms with Gasteiger partial charge in [0.2, 0.25) is 15.9 Å². The second-order valence-corrected chi connectivity index (χ2v) is 9.93. The third kappa shape index (κ3) is 5.23. The van der Waals surface area contributed by atoms with Gasteiger partial charge in [0.15, 0.2) is 10.7 Å². The number of hydrogen-bond donors (Lipinski definition) is 1. The number of nitrogens with zero attached hydrogens (tertiary/aromatic N) is 2. The number of amides is 1. The summed E-state index contributed by atoms with van der Waals surface area (Å²) in [4.78, 5) is 12.7. The fourth-order valence-corrected chi connectivity index (χ4v) is 5.63. The molecule has 180 valence electrons. The number of aromatic nitrogens is 1. The second kappa shape index (κ2) is 10.3. The molecule has 0 saturated carbocycles. The third-order valence-corrected chi connectivity index (χ3v) is 7.88. The molecule has 1 aromatic carbocycles. The predicted octanol–water partition coefficient (Wildman–Crippen LogP) is 3.47. The van der Waals surface area contributed by atoms with Crippen LogP contribution in [0.5, 0.6) is 5.75 Å². The van der Waals surface area contributed by atoms with E-state index in [0.717, 1.165) is 11.3 Å². The normalized spacial score (nSPS) is 15.6. The van der Waals surface area contributed by atoms with Crippen molar-refractivity contribution >= 4 is 28.1 Å². The highest BCUT2D eigenvalue weighted by molar-refractivity contribution is 7.89. The lowest BCUT2D eigenvalue weighted by Gasteiger charge is -2.30. The molecule has 9 nitrogen and oxygen atoms in total. The average molecular weight is 486 g/mol. The first-order chi connectivity index (χ1) is 16.4.